The molecule has 2 heterocycles. The fourth-order valence-corrected chi connectivity index (χ4v) is 2.53. The molecular weight excluding hydrogens is 364 g/mol. The SMILES string of the molecule is COCCCOCCc1cc([C@H](C)OCCCCOCc2cc(C)on2)on1. The quantitative estimate of drug-likeness (QED) is 0.397. The molecule has 2 aromatic rings. The Morgan fingerprint density at radius 1 is 0.893 bits per heavy atom. The van der Waals surface area contributed by atoms with Gasteiger partial charge in [0.25, 0.3) is 0 Å². The van der Waals surface area contributed by atoms with Crippen molar-refractivity contribution in [3.8, 4) is 0 Å². The monoisotopic (exact) mass is 396 g/mol. The molecule has 0 saturated carbocycles. The molecule has 0 aliphatic rings. The van der Waals surface area contributed by atoms with Crippen molar-refractivity contribution >= 4 is 0 Å². The van der Waals surface area contributed by atoms with Gasteiger partial charge in [0.1, 0.15) is 17.6 Å². The van der Waals surface area contributed by atoms with Crippen molar-refractivity contribution in [2.75, 3.05) is 40.1 Å². The molecule has 0 radical (unpaired) electrons. The van der Waals surface area contributed by atoms with E-state index in [1.807, 2.05) is 26.0 Å². The lowest BCUT2D eigenvalue weighted by Crippen LogP contribution is -2.03. The van der Waals surface area contributed by atoms with Gasteiger partial charge in [0.15, 0.2) is 5.76 Å². The molecule has 2 aromatic heterocycles. The highest BCUT2D eigenvalue weighted by atomic mass is 16.5. The summed E-state index contributed by atoms with van der Waals surface area (Å²) in [5.74, 6) is 1.54. The Morgan fingerprint density at radius 2 is 1.68 bits per heavy atom. The minimum absolute atomic E-state index is 0.122. The Labute approximate surface area is 166 Å². The first kappa shape index (κ1) is 22.5. The van der Waals surface area contributed by atoms with Crippen LogP contribution in [0, 0.1) is 6.92 Å². The van der Waals surface area contributed by atoms with Gasteiger partial charge < -0.3 is 28.0 Å². The van der Waals surface area contributed by atoms with Gasteiger partial charge in [-0.3, -0.25) is 0 Å². The van der Waals surface area contributed by atoms with Gasteiger partial charge in [-0.2, -0.15) is 0 Å². The molecule has 28 heavy (non-hydrogen) atoms. The van der Waals surface area contributed by atoms with E-state index >= 15 is 0 Å². The molecule has 0 aromatic carbocycles. The van der Waals surface area contributed by atoms with E-state index in [-0.39, 0.29) is 6.10 Å². The predicted octanol–water partition coefficient (Wildman–Crippen LogP) is 3.64. The molecular formula is C20H32N2O6. The molecule has 0 bridgehead atoms. The van der Waals surface area contributed by atoms with Crippen LogP contribution in [-0.4, -0.2) is 50.5 Å². The Hall–Kier alpha value is -1.74. The first-order valence-electron chi connectivity index (χ1n) is 9.82. The second-order valence-corrected chi connectivity index (χ2v) is 6.63. The third-order valence-corrected chi connectivity index (χ3v) is 4.10. The normalized spacial score (nSPS) is 12.5. The molecule has 8 nitrogen and oxygen atoms in total. The molecule has 0 aliphatic heterocycles. The van der Waals surface area contributed by atoms with Crippen molar-refractivity contribution in [2.45, 2.75) is 52.2 Å². The third-order valence-electron chi connectivity index (χ3n) is 4.10. The standard InChI is InChI=1S/C20H32N2O6/c1-16-13-19(22-27-16)15-25-9-4-5-11-26-17(2)20-14-18(21-28-20)7-12-24-10-6-8-23-3/h13-14,17H,4-12,15H2,1-3H3/t17-/m0/s1. The molecule has 0 N–H and O–H groups in total. The van der Waals surface area contributed by atoms with Gasteiger partial charge in [0.05, 0.1) is 18.9 Å². The van der Waals surface area contributed by atoms with E-state index in [0.29, 0.717) is 33.0 Å². The van der Waals surface area contributed by atoms with Crippen molar-refractivity contribution in [3.63, 3.8) is 0 Å². The van der Waals surface area contributed by atoms with Gasteiger partial charge >= 0.3 is 0 Å². The van der Waals surface area contributed by atoms with Gasteiger partial charge in [0, 0.05) is 52.1 Å². The summed E-state index contributed by atoms with van der Waals surface area (Å²) < 4.78 is 32.3. The van der Waals surface area contributed by atoms with Crippen molar-refractivity contribution in [2.24, 2.45) is 0 Å². The summed E-state index contributed by atoms with van der Waals surface area (Å²) in [6, 6.07) is 3.82. The summed E-state index contributed by atoms with van der Waals surface area (Å²) >= 11 is 0. The van der Waals surface area contributed by atoms with Crippen molar-refractivity contribution < 1.29 is 28.0 Å². The van der Waals surface area contributed by atoms with Gasteiger partial charge in [-0.1, -0.05) is 10.3 Å². The van der Waals surface area contributed by atoms with Crippen LogP contribution in [0.15, 0.2) is 21.2 Å². The lowest BCUT2D eigenvalue weighted by atomic mass is 10.2. The van der Waals surface area contributed by atoms with Gasteiger partial charge in [-0.05, 0) is 33.1 Å². The highest BCUT2D eigenvalue weighted by Gasteiger charge is 2.12. The summed E-state index contributed by atoms with van der Waals surface area (Å²) in [6.07, 6.45) is 3.34. The molecule has 0 amide bonds. The van der Waals surface area contributed by atoms with Crippen LogP contribution in [0.2, 0.25) is 0 Å². The molecule has 8 heteroatoms. The second-order valence-electron chi connectivity index (χ2n) is 6.63. The van der Waals surface area contributed by atoms with Gasteiger partial charge in [0.2, 0.25) is 0 Å². The number of aromatic nitrogens is 2. The largest absolute Gasteiger partial charge is 0.385 e. The van der Waals surface area contributed by atoms with Crippen LogP contribution in [0.25, 0.3) is 0 Å². The minimum Gasteiger partial charge on any atom is -0.385 e. The molecule has 0 fully saturated rings. The number of hydrogen-bond donors (Lipinski definition) is 0. The van der Waals surface area contributed by atoms with Gasteiger partial charge in [-0.15, -0.1) is 0 Å². The van der Waals surface area contributed by atoms with Crippen LogP contribution in [-0.2, 0) is 32.0 Å². The number of nitrogens with zero attached hydrogens (tertiary/aromatic N) is 2. The zero-order valence-electron chi connectivity index (χ0n) is 17.1. The maximum Gasteiger partial charge on any atom is 0.165 e. The van der Waals surface area contributed by atoms with Crippen molar-refractivity contribution in [1.29, 1.82) is 0 Å². The zero-order valence-corrected chi connectivity index (χ0v) is 17.1. The fraction of sp³-hybridized carbons (Fsp3) is 0.700. The summed E-state index contributed by atoms with van der Waals surface area (Å²) in [5.41, 5.74) is 1.71. The summed E-state index contributed by atoms with van der Waals surface area (Å²) in [5, 5.41) is 7.97. The minimum atomic E-state index is -0.122. The number of unbranched alkanes of at least 4 members (excludes halogenated alkanes) is 1. The van der Waals surface area contributed by atoms with Crippen molar-refractivity contribution in [1.82, 2.24) is 10.3 Å². The highest BCUT2D eigenvalue weighted by Crippen LogP contribution is 2.18. The fourth-order valence-electron chi connectivity index (χ4n) is 2.53. The van der Waals surface area contributed by atoms with E-state index in [1.165, 1.54) is 0 Å². The number of ether oxygens (including phenoxy) is 4. The lowest BCUT2D eigenvalue weighted by Gasteiger charge is -2.09. The Kier molecular flexibility index (Phi) is 10.8. The van der Waals surface area contributed by atoms with Gasteiger partial charge in [-0.25, -0.2) is 0 Å². The van der Waals surface area contributed by atoms with Crippen molar-refractivity contribution in [3.05, 3.63) is 35.0 Å². The third kappa shape index (κ3) is 8.97. The van der Waals surface area contributed by atoms with E-state index in [9.17, 15) is 0 Å². The number of methoxy groups -OCH3 is 1. The molecule has 0 spiro atoms. The Morgan fingerprint density at radius 3 is 2.46 bits per heavy atom. The predicted molar refractivity (Wildman–Crippen MR) is 102 cm³/mol. The Bertz CT molecular complexity index is 642. The smallest absolute Gasteiger partial charge is 0.165 e. The van der Waals surface area contributed by atoms with Crippen LogP contribution in [0.3, 0.4) is 0 Å². The van der Waals surface area contributed by atoms with Crippen LogP contribution >= 0.6 is 0 Å². The van der Waals surface area contributed by atoms with Crippen LogP contribution in [0.5, 0.6) is 0 Å². The zero-order chi connectivity index (χ0) is 20.0. The lowest BCUT2D eigenvalue weighted by molar-refractivity contribution is 0.0376. The van der Waals surface area contributed by atoms with E-state index in [0.717, 1.165) is 55.2 Å². The molecule has 0 aliphatic carbocycles. The van der Waals surface area contributed by atoms with E-state index < -0.39 is 0 Å². The number of aryl methyl sites for hydroxylation is 1. The molecule has 0 unspecified atom stereocenters. The second kappa shape index (κ2) is 13.4. The summed E-state index contributed by atoms with van der Waals surface area (Å²) in [4.78, 5) is 0. The highest BCUT2D eigenvalue weighted by molar-refractivity contribution is 5.07. The number of rotatable bonds is 16. The van der Waals surface area contributed by atoms with Crippen LogP contribution in [0.1, 0.15) is 55.2 Å². The molecule has 0 saturated heterocycles. The topological polar surface area (TPSA) is 89.0 Å². The summed E-state index contributed by atoms with van der Waals surface area (Å²) in [6.45, 7) is 7.66. The van der Waals surface area contributed by atoms with E-state index in [2.05, 4.69) is 10.3 Å². The molecule has 158 valence electrons. The van der Waals surface area contributed by atoms with E-state index in [4.69, 9.17) is 28.0 Å². The maximum absolute atomic E-state index is 5.82. The van der Waals surface area contributed by atoms with Crippen LogP contribution in [0.4, 0.5) is 0 Å². The first-order valence-corrected chi connectivity index (χ1v) is 9.82. The van der Waals surface area contributed by atoms with E-state index in [1.54, 1.807) is 7.11 Å². The summed E-state index contributed by atoms with van der Waals surface area (Å²) in [7, 11) is 1.69. The first-order chi connectivity index (χ1) is 13.7. The molecule has 2 rings (SSSR count). The molecule has 1 atom stereocenters. The average molecular weight is 396 g/mol. The average Bonchev–Trinajstić information content (AvgIpc) is 3.32. The van der Waals surface area contributed by atoms with Crippen LogP contribution < -0.4 is 0 Å². The Balaban J connectivity index is 1.49. The number of hydrogen-bond acceptors (Lipinski definition) is 8. The maximum atomic E-state index is 5.82.